The second-order valence-electron chi connectivity index (χ2n) is 7.88. The average Bonchev–Trinajstić information content (AvgIpc) is 3.49. The zero-order chi connectivity index (χ0) is 22.8. The fourth-order valence-corrected chi connectivity index (χ4v) is 3.72. The number of aryl methyl sites for hydroxylation is 1. The van der Waals surface area contributed by atoms with E-state index in [1.54, 1.807) is 13.1 Å². The van der Waals surface area contributed by atoms with Gasteiger partial charge in [-0.2, -0.15) is 5.10 Å². The Morgan fingerprint density at radius 1 is 1.25 bits per heavy atom. The molecule has 3 aromatic rings. The topological polar surface area (TPSA) is 125 Å². The van der Waals surface area contributed by atoms with Crippen molar-refractivity contribution in [1.29, 1.82) is 0 Å². The number of hydrogen-bond acceptors (Lipinski definition) is 6. The summed E-state index contributed by atoms with van der Waals surface area (Å²) in [6.45, 7) is 6.40. The van der Waals surface area contributed by atoms with Gasteiger partial charge in [0.2, 0.25) is 5.91 Å². The van der Waals surface area contributed by atoms with Crippen LogP contribution in [0.15, 0.2) is 65.6 Å². The summed E-state index contributed by atoms with van der Waals surface area (Å²) < 4.78 is 0. The van der Waals surface area contributed by atoms with Crippen LogP contribution < -0.4 is 21.9 Å². The molecule has 1 aliphatic heterocycles. The van der Waals surface area contributed by atoms with Crippen molar-refractivity contribution in [2.24, 2.45) is 22.4 Å². The lowest BCUT2D eigenvalue weighted by Gasteiger charge is -2.18. The van der Waals surface area contributed by atoms with Gasteiger partial charge in [-0.1, -0.05) is 24.3 Å². The van der Waals surface area contributed by atoms with Crippen molar-refractivity contribution in [2.75, 3.05) is 11.6 Å². The highest BCUT2D eigenvalue weighted by Crippen LogP contribution is 2.32. The number of aliphatic imine (C=N–C) groups is 1. The van der Waals surface area contributed by atoms with Gasteiger partial charge in [0, 0.05) is 35.1 Å². The molecule has 1 atom stereocenters. The van der Waals surface area contributed by atoms with E-state index >= 15 is 0 Å². The van der Waals surface area contributed by atoms with Crippen molar-refractivity contribution in [1.82, 2.24) is 15.6 Å². The predicted octanol–water partition coefficient (Wildman–Crippen LogP) is 2.97. The fraction of sp³-hybridized carbons (Fsp3) is 0.208. The Hall–Kier alpha value is -3.91. The van der Waals surface area contributed by atoms with E-state index in [9.17, 15) is 4.79 Å². The molecule has 1 amide bonds. The maximum atomic E-state index is 11.9. The molecule has 2 aromatic carbocycles. The Balaban J connectivity index is 1.87. The SMILES string of the molecule is CC(=N/C(=C(/N)C(C)C(N)=O)c1c(C)ccc2[nH]ncc12)c1cccc(N2C=CCN2)c1. The van der Waals surface area contributed by atoms with Gasteiger partial charge in [0.25, 0.3) is 0 Å². The van der Waals surface area contributed by atoms with Crippen LogP contribution in [0.4, 0.5) is 5.69 Å². The van der Waals surface area contributed by atoms with Crippen LogP contribution in [0.2, 0.25) is 0 Å². The number of nitrogens with two attached hydrogens (primary N) is 2. The monoisotopic (exact) mass is 429 g/mol. The van der Waals surface area contributed by atoms with Gasteiger partial charge in [-0.3, -0.25) is 19.9 Å². The first-order valence-corrected chi connectivity index (χ1v) is 10.4. The number of nitrogens with one attached hydrogen (secondary N) is 2. The van der Waals surface area contributed by atoms with E-state index in [-0.39, 0.29) is 0 Å². The summed E-state index contributed by atoms with van der Waals surface area (Å²) in [5, 5.41) is 10.0. The third kappa shape index (κ3) is 4.00. The standard InChI is InChI=1S/C24H27N7O/c1-14-8-9-20-19(13-27-30-20)21(14)23(22(25)15(2)24(26)32)29-16(3)17-6-4-7-18(12-17)31-11-5-10-28-31/h4-9,11-13,15,28H,10,25H2,1-3H3,(H2,26,32)(H,27,30)/b23-22+,29-16?. The minimum atomic E-state index is -0.673. The lowest BCUT2D eigenvalue weighted by Crippen LogP contribution is -2.28. The van der Waals surface area contributed by atoms with Crippen molar-refractivity contribution in [3.63, 3.8) is 0 Å². The number of amides is 1. The van der Waals surface area contributed by atoms with Gasteiger partial charge in [0.05, 0.1) is 29.0 Å². The highest BCUT2D eigenvalue weighted by Gasteiger charge is 2.21. The number of carbonyl (C=O) groups is 1. The number of aromatic nitrogens is 2. The molecular formula is C24H27N7O. The molecule has 8 heteroatoms. The maximum Gasteiger partial charge on any atom is 0.226 e. The van der Waals surface area contributed by atoms with Crippen LogP contribution in [0.5, 0.6) is 0 Å². The quantitative estimate of drug-likeness (QED) is 0.448. The fourth-order valence-electron chi connectivity index (χ4n) is 3.72. The molecule has 1 unspecified atom stereocenters. The van der Waals surface area contributed by atoms with E-state index in [4.69, 9.17) is 16.5 Å². The molecule has 0 saturated heterocycles. The first-order chi connectivity index (χ1) is 15.4. The molecule has 2 heterocycles. The lowest BCUT2D eigenvalue weighted by atomic mass is 9.96. The van der Waals surface area contributed by atoms with Crippen LogP contribution in [0, 0.1) is 12.8 Å². The second kappa shape index (κ2) is 8.68. The van der Waals surface area contributed by atoms with Crippen LogP contribution in [0.3, 0.4) is 0 Å². The molecule has 6 N–H and O–H groups in total. The minimum Gasteiger partial charge on any atom is -0.400 e. The molecule has 0 saturated carbocycles. The van der Waals surface area contributed by atoms with Gasteiger partial charge in [0.1, 0.15) is 0 Å². The molecular weight excluding hydrogens is 402 g/mol. The second-order valence-corrected chi connectivity index (χ2v) is 7.88. The third-order valence-corrected chi connectivity index (χ3v) is 5.69. The number of benzene rings is 2. The number of carbonyl (C=O) groups excluding carboxylic acids is 1. The molecule has 0 bridgehead atoms. The molecule has 0 radical (unpaired) electrons. The number of hydrogen-bond donors (Lipinski definition) is 4. The summed E-state index contributed by atoms with van der Waals surface area (Å²) in [6.07, 6.45) is 5.79. The molecule has 164 valence electrons. The molecule has 4 rings (SSSR count). The summed E-state index contributed by atoms with van der Waals surface area (Å²) in [5.41, 5.74) is 21.6. The zero-order valence-electron chi connectivity index (χ0n) is 18.4. The molecule has 0 spiro atoms. The van der Waals surface area contributed by atoms with E-state index in [1.807, 2.05) is 55.4 Å². The number of nitrogens with zero attached hydrogens (tertiary/aromatic N) is 3. The van der Waals surface area contributed by atoms with Gasteiger partial charge in [-0.05, 0) is 50.1 Å². The van der Waals surface area contributed by atoms with Crippen molar-refractivity contribution in [3.8, 4) is 0 Å². The van der Waals surface area contributed by atoms with E-state index in [0.29, 0.717) is 11.4 Å². The number of H-pyrrole nitrogens is 1. The number of fused-ring (bicyclic) bond motifs is 1. The summed E-state index contributed by atoms with van der Waals surface area (Å²) in [5.74, 6) is -1.17. The Labute approximate surface area is 186 Å². The number of aromatic amines is 1. The van der Waals surface area contributed by atoms with Crippen molar-refractivity contribution in [2.45, 2.75) is 20.8 Å². The Morgan fingerprint density at radius 3 is 2.78 bits per heavy atom. The van der Waals surface area contributed by atoms with Gasteiger partial charge < -0.3 is 11.5 Å². The van der Waals surface area contributed by atoms with Gasteiger partial charge in [-0.25, -0.2) is 5.43 Å². The Bertz CT molecular complexity index is 1270. The molecule has 32 heavy (non-hydrogen) atoms. The normalized spacial score (nSPS) is 15.8. The highest BCUT2D eigenvalue weighted by atomic mass is 16.1. The smallest absolute Gasteiger partial charge is 0.226 e. The van der Waals surface area contributed by atoms with E-state index in [1.165, 1.54) is 0 Å². The maximum absolute atomic E-state index is 11.9. The number of rotatable bonds is 6. The van der Waals surface area contributed by atoms with Gasteiger partial charge in [-0.15, -0.1) is 0 Å². The summed E-state index contributed by atoms with van der Waals surface area (Å²) in [7, 11) is 0. The molecule has 1 aliphatic rings. The number of anilines is 1. The molecule has 0 fully saturated rings. The van der Waals surface area contributed by atoms with Gasteiger partial charge in [0.15, 0.2) is 0 Å². The van der Waals surface area contributed by atoms with Crippen LogP contribution in [-0.2, 0) is 4.79 Å². The molecule has 1 aromatic heterocycles. The minimum absolute atomic E-state index is 0.328. The summed E-state index contributed by atoms with van der Waals surface area (Å²) in [6, 6.07) is 12.0. The zero-order valence-corrected chi connectivity index (χ0v) is 18.4. The average molecular weight is 430 g/mol. The first kappa shape index (κ1) is 21.3. The third-order valence-electron chi connectivity index (χ3n) is 5.69. The number of primary amides is 1. The van der Waals surface area contributed by atoms with Gasteiger partial charge >= 0.3 is 0 Å². The molecule has 8 nitrogen and oxygen atoms in total. The summed E-state index contributed by atoms with van der Waals surface area (Å²) >= 11 is 0. The Morgan fingerprint density at radius 2 is 2.06 bits per heavy atom. The van der Waals surface area contributed by atoms with Crippen LogP contribution in [0.25, 0.3) is 16.6 Å². The largest absolute Gasteiger partial charge is 0.400 e. The number of hydrazine groups is 1. The van der Waals surface area contributed by atoms with E-state index in [2.05, 4.69) is 27.8 Å². The van der Waals surface area contributed by atoms with E-state index < -0.39 is 11.8 Å². The lowest BCUT2D eigenvalue weighted by molar-refractivity contribution is -0.120. The predicted molar refractivity (Wildman–Crippen MR) is 129 cm³/mol. The first-order valence-electron chi connectivity index (χ1n) is 10.4. The van der Waals surface area contributed by atoms with Crippen LogP contribution in [-0.4, -0.2) is 28.4 Å². The van der Waals surface area contributed by atoms with E-state index in [0.717, 1.165) is 45.5 Å². The van der Waals surface area contributed by atoms with Crippen molar-refractivity contribution < 1.29 is 4.79 Å². The summed E-state index contributed by atoms with van der Waals surface area (Å²) in [4.78, 5) is 16.9. The highest BCUT2D eigenvalue weighted by molar-refractivity contribution is 6.05. The van der Waals surface area contributed by atoms with Crippen molar-refractivity contribution in [3.05, 3.63) is 77.3 Å². The van der Waals surface area contributed by atoms with Crippen LogP contribution in [0.1, 0.15) is 30.5 Å². The van der Waals surface area contributed by atoms with Crippen molar-refractivity contribution >= 4 is 33.9 Å². The van der Waals surface area contributed by atoms with Crippen LogP contribution >= 0.6 is 0 Å². The Kier molecular flexibility index (Phi) is 5.79. The molecule has 0 aliphatic carbocycles.